The first-order valence-corrected chi connectivity index (χ1v) is 6.80. The minimum atomic E-state index is -0.961. The maximum atomic E-state index is 12.4. The molecule has 0 aromatic heterocycles. The van der Waals surface area contributed by atoms with E-state index in [1.165, 1.54) is 4.90 Å². The smallest absolute Gasteiger partial charge is 0.323 e. The molecule has 1 unspecified atom stereocenters. The van der Waals surface area contributed by atoms with E-state index >= 15 is 0 Å². The predicted molar refractivity (Wildman–Crippen MR) is 73.1 cm³/mol. The summed E-state index contributed by atoms with van der Waals surface area (Å²) in [5, 5.41) is 8.92. The number of hydrogen-bond acceptors (Lipinski definition) is 3. The SMILES string of the molecule is CC1CCCN(C(=O)N(CCN(C)C)CC(=O)O)C1. The molecule has 6 heteroatoms. The van der Waals surface area contributed by atoms with Crippen LogP contribution in [0.4, 0.5) is 4.79 Å². The van der Waals surface area contributed by atoms with Gasteiger partial charge in [-0.1, -0.05) is 6.92 Å². The van der Waals surface area contributed by atoms with Crippen molar-refractivity contribution in [2.75, 3.05) is 46.8 Å². The van der Waals surface area contributed by atoms with Gasteiger partial charge < -0.3 is 19.8 Å². The molecule has 0 aromatic rings. The minimum Gasteiger partial charge on any atom is -0.480 e. The van der Waals surface area contributed by atoms with Crippen LogP contribution in [-0.2, 0) is 4.79 Å². The lowest BCUT2D eigenvalue weighted by atomic mass is 10.0. The molecule has 1 aliphatic rings. The van der Waals surface area contributed by atoms with E-state index in [1.807, 2.05) is 19.0 Å². The lowest BCUT2D eigenvalue weighted by Gasteiger charge is -2.35. The first kappa shape index (κ1) is 15.8. The van der Waals surface area contributed by atoms with Crippen LogP contribution < -0.4 is 0 Å². The average Bonchev–Trinajstić information content (AvgIpc) is 2.33. The summed E-state index contributed by atoms with van der Waals surface area (Å²) in [6.45, 7) is 4.49. The Morgan fingerprint density at radius 1 is 1.32 bits per heavy atom. The number of aliphatic carboxylic acids is 1. The van der Waals surface area contributed by atoms with E-state index in [4.69, 9.17) is 5.11 Å². The maximum absolute atomic E-state index is 12.4. The van der Waals surface area contributed by atoms with E-state index in [0.29, 0.717) is 19.0 Å². The van der Waals surface area contributed by atoms with Crippen LogP contribution in [0.5, 0.6) is 0 Å². The van der Waals surface area contributed by atoms with Gasteiger partial charge in [-0.2, -0.15) is 0 Å². The topological polar surface area (TPSA) is 64.1 Å². The van der Waals surface area contributed by atoms with E-state index < -0.39 is 5.97 Å². The van der Waals surface area contributed by atoms with Gasteiger partial charge in [0.2, 0.25) is 0 Å². The number of amides is 2. The maximum Gasteiger partial charge on any atom is 0.323 e. The molecule has 1 saturated heterocycles. The molecular formula is C13H25N3O3. The Balaban J connectivity index is 2.61. The van der Waals surface area contributed by atoms with E-state index in [9.17, 15) is 9.59 Å². The Morgan fingerprint density at radius 3 is 2.53 bits per heavy atom. The number of carbonyl (C=O) groups excluding carboxylic acids is 1. The second kappa shape index (κ2) is 7.33. The summed E-state index contributed by atoms with van der Waals surface area (Å²) in [6, 6.07) is -0.143. The molecule has 6 nitrogen and oxygen atoms in total. The van der Waals surface area contributed by atoms with Crippen molar-refractivity contribution in [1.82, 2.24) is 14.7 Å². The molecule has 2 amide bonds. The summed E-state index contributed by atoms with van der Waals surface area (Å²) >= 11 is 0. The fourth-order valence-electron chi connectivity index (χ4n) is 2.29. The quantitative estimate of drug-likeness (QED) is 0.803. The molecule has 0 saturated carbocycles. The van der Waals surface area contributed by atoms with Gasteiger partial charge in [0.15, 0.2) is 0 Å². The van der Waals surface area contributed by atoms with Crippen molar-refractivity contribution < 1.29 is 14.7 Å². The molecule has 0 spiro atoms. The predicted octanol–water partition coefficient (Wildman–Crippen LogP) is 0.787. The summed E-state index contributed by atoms with van der Waals surface area (Å²) < 4.78 is 0. The largest absolute Gasteiger partial charge is 0.480 e. The summed E-state index contributed by atoms with van der Waals surface area (Å²) in [5.41, 5.74) is 0. The van der Waals surface area contributed by atoms with Gasteiger partial charge in [-0.3, -0.25) is 4.79 Å². The number of carboxylic acids is 1. The van der Waals surface area contributed by atoms with Gasteiger partial charge in [-0.05, 0) is 32.9 Å². The number of hydrogen-bond donors (Lipinski definition) is 1. The van der Waals surface area contributed by atoms with Crippen molar-refractivity contribution in [2.45, 2.75) is 19.8 Å². The summed E-state index contributed by atoms with van der Waals surface area (Å²) in [6.07, 6.45) is 2.14. The van der Waals surface area contributed by atoms with E-state index in [2.05, 4.69) is 6.92 Å². The molecule has 0 aromatic carbocycles. The van der Waals surface area contributed by atoms with E-state index in [-0.39, 0.29) is 12.6 Å². The van der Waals surface area contributed by atoms with Crippen molar-refractivity contribution in [3.8, 4) is 0 Å². The number of piperidine rings is 1. The van der Waals surface area contributed by atoms with Gasteiger partial charge in [0.1, 0.15) is 6.54 Å². The zero-order valence-electron chi connectivity index (χ0n) is 12.1. The Bertz CT molecular complexity index is 320. The van der Waals surface area contributed by atoms with Crippen molar-refractivity contribution in [3.05, 3.63) is 0 Å². The number of carboxylic acid groups (broad SMARTS) is 1. The van der Waals surface area contributed by atoms with Crippen molar-refractivity contribution >= 4 is 12.0 Å². The van der Waals surface area contributed by atoms with Crippen LogP contribution in [0.15, 0.2) is 0 Å². The van der Waals surface area contributed by atoms with Crippen LogP contribution in [0.3, 0.4) is 0 Å². The third kappa shape index (κ3) is 5.46. The molecule has 19 heavy (non-hydrogen) atoms. The van der Waals surface area contributed by atoms with E-state index in [1.54, 1.807) is 4.90 Å². The highest BCUT2D eigenvalue weighted by Gasteiger charge is 2.26. The second-order valence-electron chi connectivity index (χ2n) is 5.59. The number of urea groups is 1. The summed E-state index contributed by atoms with van der Waals surface area (Å²) in [5.74, 6) is -0.463. The standard InChI is InChI=1S/C13H25N3O3/c1-11-5-4-6-15(9-11)13(19)16(10-12(17)18)8-7-14(2)3/h11H,4-10H2,1-3H3,(H,17,18). The molecule has 1 aliphatic heterocycles. The third-order valence-electron chi connectivity index (χ3n) is 3.34. The Hall–Kier alpha value is -1.30. The molecule has 110 valence electrons. The van der Waals surface area contributed by atoms with Crippen LogP contribution >= 0.6 is 0 Å². The number of likely N-dealkylation sites (tertiary alicyclic amines) is 1. The molecular weight excluding hydrogens is 246 g/mol. The highest BCUT2D eigenvalue weighted by Crippen LogP contribution is 2.16. The van der Waals surface area contributed by atoms with Gasteiger partial charge in [-0.15, -0.1) is 0 Å². The van der Waals surface area contributed by atoms with Crippen LogP contribution in [0.1, 0.15) is 19.8 Å². The van der Waals surface area contributed by atoms with Crippen LogP contribution in [0.2, 0.25) is 0 Å². The summed E-state index contributed by atoms with van der Waals surface area (Å²) in [7, 11) is 3.82. The molecule has 1 rings (SSSR count). The lowest BCUT2D eigenvalue weighted by Crippen LogP contribution is -2.50. The monoisotopic (exact) mass is 271 g/mol. The van der Waals surface area contributed by atoms with Crippen molar-refractivity contribution in [2.24, 2.45) is 5.92 Å². The molecule has 1 heterocycles. The third-order valence-corrected chi connectivity index (χ3v) is 3.34. The minimum absolute atomic E-state index is 0.143. The van der Waals surface area contributed by atoms with Gasteiger partial charge in [0, 0.05) is 26.2 Å². The molecule has 1 fully saturated rings. The van der Waals surface area contributed by atoms with Crippen LogP contribution in [-0.4, -0.2) is 78.6 Å². The van der Waals surface area contributed by atoms with Gasteiger partial charge >= 0.3 is 12.0 Å². The van der Waals surface area contributed by atoms with Gasteiger partial charge in [-0.25, -0.2) is 4.79 Å². The van der Waals surface area contributed by atoms with E-state index in [0.717, 1.165) is 25.9 Å². The zero-order chi connectivity index (χ0) is 14.4. The molecule has 0 bridgehead atoms. The Labute approximate surface area is 115 Å². The zero-order valence-corrected chi connectivity index (χ0v) is 12.1. The molecule has 0 radical (unpaired) electrons. The number of likely N-dealkylation sites (N-methyl/N-ethyl adjacent to an activating group) is 1. The molecule has 1 atom stereocenters. The van der Waals surface area contributed by atoms with Crippen molar-refractivity contribution in [3.63, 3.8) is 0 Å². The molecule has 0 aliphatic carbocycles. The second-order valence-corrected chi connectivity index (χ2v) is 5.59. The first-order valence-electron chi connectivity index (χ1n) is 6.80. The fourth-order valence-corrected chi connectivity index (χ4v) is 2.29. The first-order chi connectivity index (χ1) is 8.90. The number of carbonyl (C=O) groups is 2. The highest BCUT2D eigenvalue weighted by atomic mass is 16.4. The Kier molecular flexibility index (Phi) is 6.08. The normalized spacial score (nSPS) is 19.6. The lowest BCUT2D eigenvalue weighted by molar-refractivity contribution is -0.137. The number of nitrogens with zero attached hydrogens (tertiary/aromatic N) is 3. The van der Waals surface area contributed by atoms with Gasteiger partial charge in [0.25, 0.3) is 0 Å². The fraction of sp³-hybridized carbons (Fsp3) is 0.846. The van der Waals surface area contributed by atoms with Crippen LogP contribution in [0.25, 0.3) is 0 Å². The average molecular weight is 271 g/mol. The molecule has 1 N–H and O–H groups in total. The van der Waals surface area contributed by atoms with Crippen LogP contribution in [0, 0.1) is 5.92 Å². The summed E-state index contributed by atoms with van der Waals surface area (Å²) in [4.78, 5) is 28.4. The number of rotatable bonds is 5. The Morgan fingerprint density at radius 2 is 2.00 bits per heavy atom. The highest BCUT2D eigenvalue weighted by molar-refractivity contribution is 5.80. The van der Waals surface area contributed by atoms with Gasteiger partial charge in [0.05, 0.1) is 0 Å². The van der Waals surface area contributed by atoms with Crippen molar-refractivity contribution in [1.29, 1.82) is 0 Å².